The molecule has 2 aromatic carbocycles. The van der Waals surface area contributed by atoms with Gasteiger partial charge in [-0.05, 0) is 31.4 Å². The summed E-state index contributed by atoms with van der Waals surface area (Å²) in [4.78, 5) is 12.8. The largest absolute Gasteiger partial charge is 0.465 e. The van der Waals surface area contributed by atoms with Crippen LogP contribution in [0.1, 0.15) is 37.0 Å². The van der Waals surface area contributed by atoms with Crippen LogP contribution in [0.2, 0.25) is 0 Å². The molecule has 1 atom stereocenters. The zero-order valence-electron chi connectivity index (χ0n) is 12.9. The molecule has 2 rings (SSSR count). The van der Waals surface area contributed by atoms with Crippen LogP contribution in [0.3, 0.4) is 0 Å². The minimum Gasteiger partial charge on any atom is -0.465 e. The fourth-order valence-corrected chi connectivity index (χ4v) is 2.77. The Hall–Kier alpha value is -2.09. The third-order valence-electron chi connectivity index (χ3n) is 3.97. The van der Waals surface area contributed by atoms with Gasteiger partial charge in [0.05, 0.1) is 6.61 Å². The fourth-order valence-electron chi connectivity index (χ4n) is 2.77. The van der Waals surface area contributed by atoms with Crippen LogP contribution in [0.25, 0.3) is 0 Å². The predicted molar refractivity (Wildman–Crippen MR) is 85.3 cm³/mol. The Morgan fingerprint density at radius 2 is 1.52 bits per heavy atom. The average Bonchev–Trinajstić information content (AvgIpc) is 2.52. The van der Waals surface area contributed by atoms with Crippen molar-refractivity contribution in [2.75, 3.05) is 6.61 Å². The summed E-state index contributed by atoms with van der Waals surface area (Å²) in [7, 11) is 0. The zero-order chi connectivity index (χ0) is 15.3. The van der Waals surface area contributed by atoms with Gasteiger partial charge in [-0.15, -0.1) is 0 Å². The van der Waals surface area contributed by atoms with Crippen molar-refractivity contribution in [3.8, 4) is 0 Å². The van der Waals surface area contributed by atoms with Crippen molar-refractivity contribution < 1.29 is 9.53 Å². The Morgan fingerprint density at radius 3 is 2.05 bits per heavy atom. The normalized spacial score (nSPS) is 13.5. The number of benzene rings is 2. The molecule has 0 N–H and O–H groups in total. The lowest BCUT2D eigenvalue weighted by molar-refractivity contribution is -0.148. The highest BCUT2D eigenvalue weighted by molar-refractivity contribution is 5.87. The molecule has 0 aliphatic heterocycles. The standard InChI is InChI=1S/C19H22O2/c1-4-19(18(20)21-5-2,16-9-7-6-8-10-16)17-13-11-15(3)12-14-17/h6-14H,4-5H2,1-3H3. The molecule has 0 amide bonds. The Bertz CT molecular complexity index is 587. The molecule has 1 unspecified atom stereocenters. The first-order valence-electron chi connectivity index (χ1n) is 7.45. The second-order valence-corrected chi connectivity index (χ2v) is 5.21. The first-order valence-corrected chi connectivity index (χ1v) is 7.45. The molecule has 0 aromatic heterocycles. The molecule has 0 saturated carbocycles. The summed E-state index contributed by atoms with van der Waals surface area (Å²) in [5.41, 5.74) is 2.42. The Labute approximate surface area is 126 Å². The third-order valence-corrected chi connectivity index (χ3v) is 3.97. The summed E-state index contributed by atoms with van der Waals surface area (Å²) in [6, 6.07) is 18.0. The van der Waals surface area contributed by atoms with Gasteiger partial charge in [0.15, 0.2) is 0 Å². The maximum absolute atomic E-state index is 12.8. The van der Waals surface area contributed by atoms with E-state index in [1.165, 1.54) is 5.56 Å². The molecule has 0 heterocycles. The van der Waals surface area contributed by atoms with Gasteiger partial charge in [-0.25, -0.2) is 0 Å². The van der Waals surface area contributed by atoms with Crippen LogP contribution in [0, 0.1) is 6.92 Å². The summed E-state index contributed by atoms with van der Waals surface area (Å²) in [5.74, 6) is -0.178. The van der Waals surface area contributed by atoms with E-state index in [1.54, 1.807) is 0 Å². The number of aryl methyl sites for hydroxylation is 1. The summed E-state index contributed by atoms with van der Waals surface area (Å²) < 4.78 is 5.40. The van der Waals surface area contributed by atoms with E-state index >= 15 is 0 Å². The molecular weight excluding hydrogens is 260 g/mol. The maximum atomic E-state index is 12.8. The first-order chi connectivity index (χ1) is 10.1. The summed E-state index contributed by atoms with van der Waals surface area (Å²) in [5, 5.41) is 0. The highest BCUT2D eigenvalue weighted by atomic mass is 16.5. The van der Waals surface area contributed by atoms with Crippen LogP contribution in [-0.4, -0.2) is 12.6 Å². The SMILES string of the molecule is CCOC(=O)C(CC)(c1ccccc1)c1ccc(C)cc1. The lowest BCUT2D eigenvalue weighted by atomic mass is 9.72. The highest BCUT2D eigenvalue weighted by Gasteiger charge is 2.41. The minimum atomic E-state index is -0.731. The number of carbonyl (C=O) groups is 1. The number of esters is 1. The van der Waals surface area contributed by atoms with E-state index in [4.69, 9.17) is 4.74 Å². The molecule has 0 aliphatic rings. The van der Waals surface area contributed by atoms with Crippen LogP contribution in [0.5, 0.6) is 0 Å². The molecule has 2 aromatic rings. The van der Waals surface area contributed by atoms with E-state index in [9.17, 15) is 4.79 Å². The van der Waals surface area contributed by atoms with Gasteiger partial charge >= 0.3 is 5.97 Å². The van der Waals surface area contributed by atoms with Crippen molar-refractivity contribution in [1.29, 1.82) is 0 Å². The van der Waals surface area contributed by atoms with E-state index in [0.29, 0.717) is 13.0 Å². The van der Waals surface area contributed by atoms with Crippen LogP contribution >= 0.6 is 0 Å². The summed E-state index contributed by atoms with van der Waals surface area (Å²) >= 11 is 0. The second-order valence-electron chi connectivity index (χ2n) is 5.21. The lowest BCUT2D eigenvalue weighted by Crippen LogP contribution is -2.38. The van der Waals surface area contributed by atoms with E-state index in [2.05, 4.69) is 0 Å². The number of ether oxygens (including phenoxy) is 1. The van der Waals surface area contributed by atoms with Gasteiger partial charge < -0.3 is 4.74 Å². The molecule has 21 heavy (non-hydrogen) atoms. The molecule has 110 valence electrons. The van der Waals surface area contributed by atoms with Gasteiger partial charge in [0, 0.05) is 0 Å². The van der Waals surface area contributed by atoms with Gasteiger partial charge in [-0.3, -0.25) is 4.79 Å². The van der Waals surface area contributed by atoms with Gasteiger partial charge in [0.2, 0.25) is 0 Å². The molecule has 2 nitrogen and oxygen atoms in total. The van der Waals surface area contributed by atoms with Crippen molar-refractivity contribution in [1.82, 2.24) is 0 Å². The van der Waals surface area contributed by atoms with Gasteiger partial charge in [0.1, 0.15) is 5.41 Å². The Kier molecular flexibility index (Phi) is 4.79. The monoisotopic (exact) mass is 282 g/mol. The van der Waals surface area contributed by atoms with Crippen molar-refractivity contribution in [3.05, 3.63) is 71.3 Å². The minimum absolute atomic E-state index is 0.178. The van der Waals surface area contributed by atoms with Crippen molar-refractivity contribution >= 4 is 5.97 Å². The Morgan fingerprint density at radius 1 is 0.952 bits per heavy atom. The van der Waals surface area contributed by atoms with E-state index in [0.717, 1.165) is 11.1 Å². The van der Waals surface area contributed by atoms with Crippen LogP contribution < -0.4 is 0 Å². The van der Waals surface area contributed by atoms with Crippen molar-refractivity contribution in [2.24, 2.45) is 0 Å². The average molecular weight is 282 g/mol. The topological polar surface area (TPSA) is 26.3 Å². The van der Waals surface area contributed by atoms with Gasteiger partial charge in [0.25, 0.3) is 0 Å². The molecule has 2 heteroatoms. The van der Waals surface area contributed by atoms with Gasteiger partial charge in [-0.2, -0.15) is 0 Å². The lowest BCUT2D eigenvalue weighted by Gasteiger charge is -2.31. The van der Waals surface area contributed by atoms with E-state index < -0.39 is 5.41 Å². The van der Waals surface area contributed by atoms with Gasteiger partial charge in [-0.1, -0.05) is 67.1 Å². The first kappa shape index (κ1) is 15.3. The third kappa shape index (κ3) is 2.85. The van der Waals surface area contributed by atoms with E-state index in [-0.39, 0.29) is 5.97 Å². The van der Waals surface area contributed by atoms with Crippen LogP contribution in [-0.2, 0) is 14.9 Å². The number of rotatable bonds is 5. The fraction of sp³-hybridized carbons (Fsp3) is 0.316. The van der Waals surface area contributed by atoms with E-state index in [1.807, 2.05) is 75.4 Å². The summed E-state index contributed by atoms with van der Waals surface area (Å²) in [6.45, 7) is 6.31. The number of hydrogen-bond donors (Lipinski definition) is 0. The molecule has 0 bridgehead atoms. The Balaban J connectivity index is 2.62. The molecule has 0 saturated heterocycles. The molecule has 0 fully saturated rings. The number of carbonyl (C=O) groups excluding carboxylic acids is 1. The zero-order valence-corrected chi connectivity index (χ0v) is 12.9. The molecule has 0 spiro atoms. The number of hydrogen-bond acceptors (Lipinski definition) is 2. The molecule has 0 aliphatic carbocycles. The maximum Gasteiger partial charge on any atom is 0.321 e. The van der Waals surface area contributed by atoms with Crippen molar-refractivity contribution in [3.63, 3.8) is 0 Å². The molecule has 0 radical (unpaired) electrons. The quantitative estimate of drug-likeness (QED) is 0.766. The molecular formula is C19H22O2. The van der Waals surface area contributed by atoms with Crippen molar-refractivity contribution in [2.45, 2.75) is 32.6 Å². The highest BCUT2D eigenvalue weighted by Crippen LogP contribution is 2.37. The second kappa shape index (κ2) is 6.57. The van der Waals surface area contributed by atoms with Crippen LogP contribution in [0.4, 0.5) is 0 Å². The predicted octanol–water partition coefficient (Wildman–Crippen LogP) is 4.25. The summed E-state index contributed by atoms with van der Waals surface area (Å²) in [6.07, 6.45) is 0.666. The smallest absolute Gasteiger partial charge is 0.321 e. The van der Waals surface area contributed by atoms with Crippen LogP contribution in [0.15, 0.2) is 54.6 Å².